The largest absolute Gasteiger partial charge is 0.480 e. The van der Waals surface area contributed by atoms with Gasteiger partial charge in [-0.25, -0.2) is 0 Å². The summed E-state index contributed by atoms with van der Waals surface area (Å²) in [6.07, 6.45) is -0.923. The van der Waals surface area contributed by atoms with Crippen molar-refractivity contribution in [2.24, 2.45) is 0 Å². The summed E-state index contributed by atoms with van der Waals surface area (Å²) in [5.41, 5.74) is -1.01. The number of unbranched alkanes of at least 4 members (excludes halogenated alkanes) is 1. The number of carboxylic acids is 1. The van der Waals surface area contributed by atoms with E-state index in [0.29, 0.717) is 25.8 Å². The van der Waals surface area contributed by atoms with E-state index >= 15 is 0 Å². The van der Waals surface area contributed by atoms with Crippen LogP contribution in [0.15, 0.2) is 0 Å². The molecule has 4 nitrogen and oxygen atoms in total. The molecular weight excluding hydrogens is 273 g/mol. The molecule has 1 fully saturated rings. The number of likely N-dealkylation sites (N-methyl/N-ethyl adjacent to an activating group) is 1. The zero-order valence-electron chi connectivity index (χ0n) is 12.0. The maximum Gasteiger partial charge on any atom is 0.401 e. The van der Waals surface area contributed by atoms with Gasteiger partial charge < -0.3 is 10.4 Å². The number of alkyl halides is 3. The Morgan fingerprint density at radius 2 is 1.95 bits per heavy atom. The molecule has 0 radical (unpaired) electrons. The molecule has 1 aliphatic carbocycles. The van der Waals surface area contributed by atoms with Gasteiger partial charge in [0.25, 0.3) is 0 Å². The van der Waals surface area contributed by atoms with E-state index in [0.717, 1.165) is 12.8 Å². The van der Waals surface area contributed by atoms with Crippen molar-refractivity contribution in [1.29, 1.82) is 0 Å². The van der Waals surface area contributed by atoms with E-state index in [2.05, 4.69) is 5.32 Å². The first-order valence-corrected chi connectivity index (χ1v) is 6.91. The zero-order valence-corrected chi connectivity index (χ0v) is 12.0. The third-order valence-corrected chi connectivity index (χ3v) is 3.84. The molecular formula is C13H23F3N2O2. The highest BCUT2D eigenvalue weighted by atomic mass is 19.4. The monoisotopic (exact) mass is 296 g/mol. The molecule has 7 heteroatoms. The molecule has 0 aliphatic heterocycles. The van der Waals surface area contributed by atoms with Gasteiger partial charge in [0, 0.05) is 6.04 Å². The molecule has 0 spiro atoms. The van der Waals surface area contributed by atoms with Gasteiger partial charge in [0.1, 0.15) is 5.54 Å². The number of carboxylic acid groups (broad SMARTS) is 1. The summed E-state index contributed by atoms with van der Waals surface area (Å²) < 4.78 is 37.3. The smallest absolute Gasteiger partial charge is 0.401 e. The van der Waals surface area contributed by atoms with Crippen LogP contribution in [-0.2, 0) is 4.79 Å². The van der Waals surface area contributed by atoms with Gasteiger partial charge in [-0.2, -0.15) is 13.2 Å². The van der Waals surface area contributed by atoms with E-state index in [9.17, 15) is 18.0 Å². The molecule has 0 bridgehead atoms. The molecule has 1 rings (SSSR count). The molecule has 1 saturated carbocycles. The van der Waals surface area contributed by atoms with Crippen molar-refractivity contribution in [2.45, 2.75) is 56.8 Å². The summed E-state index contributed by atoms with van der Waals surface area (Å²) >= 11 is 0. The minimum Gasteiger partial charge on any atom is -0.480 e. The van der Waals surface area contributed by atoms with Crippen LogP contribution in [0.3, 0.4) is 0 Å². The fraction of sp³-hybridized carbons (Fsp3) is 0.923. The van der Waals surface area contributed by atoms with Crippen LogP contribution >= 0.6 is 0 Å². The quantitative estimate of drug-likeness (QED) is 0.641. The summed E-state index contributed by atoms with van der Waals surface area (Å²) in [5, 5.41) is 11.8. The summed E-state index contributed by atoms with van der Waals surface area (Å²) in [6, 6.07) is 0.0618. The van der Waals surface area contributed by atoms with Crippen molar-refractivity contribution in [3.8, 4) is 0 Å². The number of halogens is 3. The van der Waals surface area contributed by atoms with Crippen molar-refractivity contribution in [3.63, 3.8) is 0 Å². The van der Waals surface area contributed by atoms with E-state index in [-0.39, 0.29) is 6.04 Å². The Bertz CT molecular complexity index is 332. The molecule has 0 aromatic heterocycles. The fourth-order valence-corrected chi connectivity index (χ4v) is 2.19. The summed E-state index contributed by atoms with van der Waals surface area (Å²) in [6.45, 7) is 1.10. The maximum atomic E-state index is 12.4. The van der Waals surface area contributed by atoms with Crippen LogP contribution in [-0.4, -0.2) is 53.9 Å². The first kappa shape index (κ1) is 17.2. The number of rotatable bonds is 9. The first-order valence-electron chi connectivity index (χ1n) is 6.91. The molecule has 1 atom stereocenters. The molecule has 0 heterocycles. The number of nitrogens with one attached hydrogen (secondary N) is 1. The normalized spacial score (nSPS) is 19.1. The molecule has 20 heavy (non-hydrogen) atoms. The van der Waals surface area contributed by atoms with Gasteiger partial charge in [0.2, 0.25) is 0 Å². The predicted octanol–water partition coefficient (Wildman–Crippen LogP) is 2.25. The van der Waals surface area contributed by atoms with E-state index < -0.39 is 24.2 Å². The highest BCUT2D eigenvalue weighted by molar-refractivity contribution is 5.78. The Hall–Kier alpha value is -0.820. The van der Waals surface area contributed by atoms with Gasteiger partial charge in [0.05, 0.1) is 6.54 Å². The standard InChI is InChI=1S/C13H23F3N2O2/c1-12(17-2,11(19)20)7-3-4-8-18(10-5-6-10)9-13(14,15)16/h10,17H,3-9H2,1-2H3,(H,19,20). The molecule has 2 N–H and O–H groups in total. The second-order valence-corrected chi connectivity index (χ2v) is 5.66. The fourth-order valence-electron chi connectivity index (χ4n) is 2.19. The summed E-state index contributed by atoms with van der Waals surface area (Å²) in [5.74, 6) is -0.936. The van der Waals surface area contributed by atoms with Crippen molar-refractivity contribution in [2.75, 3.05) is 20.1 Å². The lowest BCUT2D eigenvalue weighted by Crippen LogP contribution is -2.47. The van der Waals surface area contributed by atoms with Crippen LogP contribution in [0.5, 0.6) is 0 Å². The molecule has 1 aliphatic rings. The number of hydrogen-bond donors (Lipinski definition) is 2. The Labute approximate surface area is 117 Å². The number of aliphatic carboxylic acids is 1. The second-order valence-electron chi connectivity index (χ2n) is 5.66. The number of carbonyl (C=O) groups is 1. The topological polar surface area (TPSA) is 52.6 Å². The SMILES string of the molecule is CNC(C)(CCCCN(CC(F)(F)F)C1CC1)C(=O)O. The average molecular weight is 296 g/mol. The molecule has 0 aromatic rings. The van der Waals surface area contributed by atoms with Crippen molar-refractivity contribution in [3.05, 3.63) is 0 Å². The van der Waals surface area contributed by atoms with Crippen LogP contribution in [0.4, 0.5) is 13.2 Å². The van der Waals surface area contributed by atoms with E-state index in [1.807, 2.05) is 0 Å². The number of hydrogen-bond acceptors (Lipinski definition) is 3. The average Bonchev–Trinajstić information content (AvgIpc) is 3.15. The van der Waals surface area contributed by atoms with Gasteiger partial charge in [0.15, 0.2) is 0 Å². The van der Waals surface area contributed by atoms with Gasteiger partial charge in [-0.15, -0.1) is 0 Å². The van der Waals surface area contributed by atoms with E-state index in [4.69, 9.17) is 5.11 Å². The minimum absolute atomic E-state index is 0.0618. The highest BCUT2D eigenvalue weighted by Gasteiger charge is 2.37. The molecule has 1 unspecified atom stereocenters. The Balaban J connectivity index is 2.32. The lowest BCUT2D eigenvalue weighted by atomic mass is 9.95. The van der Waals surface area contributed by atoms with Gasteiger partial charge in [-0.1, -0.05) is 0 Å². The van der Waals surface area contributed by atoms with E-state index in [1.54, 1.807) is 14.0 Å². The third-order valence-electron chi connectivity index (χ3n) is 3.84. The van der Waals surface area contributed by atoms with E-state index in [1.165, 1.54) is 4.90 Å². The highest BCUT2D eigenvalue weighted by Crippen LogP contribution is 2.30. The maximum absolute atomic E-state index is 12.4. The van der Waals surface area contributed by atoms with Crippen molar-refractivity contribution in [1.82, 2.24) is 10.2 Å². The van der Waals surface area contributed by atoms with Crippen molar-refractivity contribution >= 4 is 5.97 Å². The summed E-state index contributed by atoms with van der Waals surface area (Å²) in [4.78, 5) is 12.5. The lowest BCUT2D eigenvalue weighted by molar-refractivity contribution is -0.147. The van der Waals surface area contributed by atoms with Gasteiger partial charge >= 0.3 is 12.1 Å². The predicted molar refractivity (Wildman–Crippen MR) is 69.6 cm³/mol. The van der Waals surface area contributed by atoms with Crippen LogP contribution in [0, 0.1) is 0 Å². The molecule has 0 aromatic carbocycles. The first-order chi connectivity index (χ1) is 9.18. The number of nitrogens with zero attached hydrogens (tertiary/aromatic N) is 1. The Kier molecular flexibility index (Phi) is 5.82. The third kappa shape index (κ3) is 5.66. The van der Waals surface area contributed by atoms with Crippen LogP contribution in [0.2, 0.25) is 0 Å². The zero-order chi connectivity index (χ0) is 15.4. The van der Waals surface area contributed by atoms with Crippen molar-refractivity contribution < 1.29 is 23.1 Å². The lowest BCUT2D eigenvalue weighted by Gasteiger charge is -2.26. The molecule has 0 amide bonds. The van der Waals surface area contributed by atoms with Crippen LogP contribution in [0.1, 0.15) is 39.0 Å². The Morgan fingerprint density at radius 1 is 1.35 bits per heavy atom. The second kappa shape index (κ2) is 6.76. The Morgan fingerprint density at radius 3 is 2.35 bits per heavy atom. The van der Waals surface area contributed by atoms with Crippen LogP contribution < -0.4 is 5.32 Å². The molecule has 0 saturated heterocycles. The van der Waals surface area contributed by atoms with Gasteiger partial charge in [-0.05, 0) is 52.6 Å². The van der Waals surface area contributed by atoms with Gasteiger partial charge in [-0.3, -0.25) is 9.69 Å². The summed E-state index contributed by atoms with van der Waals surface area (Å²) in [7, 11) is 1.58. The van der Waals surface area contributed by atoms with Crippen LogP contribution in [0.25, 0.3) is 0 Å². The molecule has 118 valence electrons. The minimum atomic E-state index is -4.16.